The number of hydrogen-bond donors (Lipinski definition) is 0. The quantitative estimate of drug-likeness (QED) is 0.160. The molecule has 5 aromatic rings. The molecule has 0 atom stereocenters. The van der Waals surface area contributed by atoms with Crippen molar-refractivity contribution in [2.45, 2.75) is 17.1 Å². The number of anilines is 1. The van der Waals surface area contributed by atoms with Crippen LogP contribution in [0, 0.1) is 0 Å². The molecule has 232 valence electrons. The minimum absolute atomic E-state index is 0.204. The van der Waals surface area contributed by atoms with Crippen LogP contribution in [0.25, 0.3) is 17.1 Å². The van der Waals surface area contributed by atoms with Crippen LogP contribution in [0.15, 0.2) is 83.3 Å². The smallest absolute Gasteiger partial charge is 0.416 e. The number of piperazine rings is 1. The van der Waals surface area contributed by atoms with Gasteiger partial charge in [0.25, 0.3) is 5.91 Å². The summed E-state index contributed by atoms with van der Waals surface area (Å²) in [5.74, 6) is 1.44. The van der Waals surface area contributed by atoms with Crippen molar-refractivity contribution in [3.05, 3.63) is 99.5 Å². The Morgan fingerprint density at radius 1 is 1.00 bits per heavy atom. The van der Waals surface area contributed by atoms with E-state index >= 15 is 0 Å². The summed E-state index contributed by atoms with van der Waals surface area (Å²) in [5.41, 5.74) is 1.61. The van der Waals surface area contributed by atoms with E-state index in [9.17, 15) is 18.0 Å². The number of para-hydroxylation sites is 2. The zero-order valence-corrected chi connectivity index (χ0v) is 26.3. The third-order valence-electron chi connectivity index (χ3n) is 7.28. The second-order valence-electron chi connectivity index (χ2n) is 10.0. The van der Waals surface area contributed by atoms with Gasteiger partial charge >= 0.3 is 6.18 Å². The number of nitrogens with zero attached hydrogens (tertiary/aromatic N) is 6. The average Bonchev–Trinajstić information content (AvgIpc) is 3.71. The van der Waals surface area contributed by atoms with E-state index < -0.39 is 11.7 Å². The van der Waals surface area contributed by atoms with Gasteiger partial charge in [-0.3, -0.25) is 9.36 Å². The van der Waals surface area contributed by atoms with Crippen LogP contribution in [0.1, 0.15) is 21.1 Å². The SMILES string of the molecule is COc1ccccc1-n1c(SCc2nc(C(=O)N3CCN(c4cccc(C(F)(F)F)c4)CC3)cs2)nnc1-c1ccccc1Cl. The predicted molar refractivity (Wildman–Crippen MR) is 170 cm³/mol. The number of thioether (sulfide) groups is 1. The Hall–Kier alpha value is -4.07. The lowest BCUT2D eigenvalue weighted by Crippen LogP contribution is -2.49. The second-order valence-corrected chi connectivity index (χ2v) is 12.3. The van der Waals surface area contributed by atoms with E-state index in [0.29, 0.717) is 65.1 Å². The fourth-order valence-corrected chi connectivity index (χ4v) is 6.97. The molecule has 3 heterocycles. The van der Waals surface area contributed by atoms with Crippen molar-refractivity contribution in [1.82, 2.24) is 24.6 Å². The molecule has 0 unspecified atom stereocenters. The standard InChI is InChI=1S/C31H26ClF3N6O2S2/c1-43-26-12-5-4-11-25(26)41-28(22-9-2-3-10-23(22)32)37-38-30(41)45-19-27-36-24(18-44-27)29(42)40-15-13-39(14-16-40)21-8-6-7-20(17-21)31(33,34)35/h2-12,17-18H,13-16,19H2,1H3. The van der Waals surface area contributed by atoms with Gasteiger partial charge in [0, 0.05) is 42.8 Å². The molecule has 8 nitrogen and oxygen atoms in total. The van der Waals surface area contributed by atoms with Gasteiger partial charge in [0.2, 0.25) is 0 Å². The lowest BCUT2D eigenvalue weighted by Gasteiger charge is -2.36. The highest BCUT2D eigenvalue weighted by Gasteiger charge is 2.31. The van der Waals surface area contributed by atoms with Crippen LogP contribution in [0.2, 0.25) is 5.02 Å². The van der Waals surface area contributed by atoms with Gasteiger partial charge in [0.05, 0.1) is 29.1 Å². The zero-order chi connectivity index (χ0) is 31.6. The highest BCUT2D eigenvalue weighted by atomic mass is 35.5. The number of aromatic nitrogens is 4. The fourth-order valence-electron chi connectivity index (χ4n) is 5.02. The summed E-state index contributed by atoms with van der Waals surface area (Å²) < 4.78 is 47.0. The maximum absolute atomic E-state index is 13.3. The van der Waals surface area contributed by atoms with Crippen molar-refractivity contribution in [3.63, 3.8) is 0 Å². The molecule has 0 aliphatic carbocycles. The molecule has 0 spiro atoms. The van der Waals surface area contributed by atoms with Crippen LogP contribution in [0.4, 0.5) is 18.9 Å². The summed E-state index contributed by atoms with van der Waals surface area (Å²) in [6.45, 7) is 1.60. The third kappa shape index (κ3) is 6.65. The molecular formula is C31H26ClF3N6O2S2. The Kier molecular flexibility index (Phi) is 9.02. The van der Waals surface area contributed by atoms with E-state index in [4.69, 9.17) is 16.3 Å². The number of ether oxygens (including phenoxy) is 1. The number of amides is 1. The summed E-state index contributed by atoms with van der Waals surface area (Å²) in [7, 11) is 1.60. The number of benzene rings is 3. The molecule has 1 saturated heterocycles. The van der Waals surface area contributed by atoms with Gasteiger partial charge < -0.3 is 14.5 Å². The van der Waals surface area contributed by atoms with E-state index in [0.717, 1.165) is 28.4 Å². The Morgan fingerprint density at radius 3 is 2.51 bits per heavy atom. The molecule has 1 aliphatic heterocycles. The largest absolute Gasteiger partial charge is 0.495 e. The molecule has 0 saturated carbocycles. The minimum atomic E-state index is -4.41. The molecule has 0 radical (unpaired) electrons. The normalized spacial score (nSPS) is 13.7. The van der Waals surface area contributed by atoms with E-state index in [1.165, 1.54) is 29.2 Å². The average molecular weight is 671 g/mol. The molecule has 1 amide bonds. The van der Waals surface area contributed by atoms with Crippen molar-refractivity contribution < 1.29 is 22.7 Å². The van der Waals surface area contributed by atoms with Crippen molar-refractivity contribution in [2.24, 2.45) is 0 Å². The van der Waals surface area contributed by atoms with Crippen LogP contribution in [-0.2, 0) is 11.9 Å². The molecule has 0 bridgehead atoms. The molecule has 6 rings (SSSR count). The van der Waals surface area contributed by atoms with E-state index in [-0.39, 0.29) is 5.91 Å². The number of carbonyl (C=O) groups excluding carboxylic acids is 1. The molecule has 2 aromatic heterocycles. The first kappa shape index (κ1) is 30.9. The highest BCUT2D eigenvalue weighted by Crippen LogP contribution is 2.36. The minimum Gasteiger partial charge on any atom is -0.495 e. The first-order valence-electron chi connectivity index (χ1n) is 13.9. The summed E-state index contributed by atoms with van der Waals surface area (Å²) in [6, 6.07) is 20.2. The third-order valence-corrected chi connectivity index (χ3v) is 9.58. The van der Waals surface area contributed by atoms with Gasteiger partial charge in [-0.2, -0.15) is 13.2 Å². The van der Waals surface area contributed by atoms with Crippen LogP contribution in [0.5, 0.6) is 5.75 Å². The van der Waals surface area contributed by atoms with Crippen molar-refractivity contribution >= 4 is 46.3 Å². The van der Waals surface area contributed by atoms with E-state index in [2.05, 4.69) is 15.2 Å². The maximum atomic E-state index is 13.3. The van der Waals surface area contributed by atoms with Crippen molar-refractivity contribution in [3.8, 4) is 22.8 Å². The summed E-state index contributed by atoms with van der Waals surface area (Å²) in [6.07, 6.45) is -4.41. The van der Waals surface area contributed by atoms with Crippen LogP contribution in [0.3, 0.4) is 0 Å². The summed E-state index contributed by atoms with van der Waals surface area (Å²) >= 11 is 9.33. The number of methoxy groups -OCH3 is 1. The van der Waals surface area contributed by atoms with Crippen molar-refractivity contribution in [2.75, 3.05) is 38.2 Å². The predicted octanol–water partition coefficient (Wildman–Crippen LogP) is 7.33. The fraction of sp³-hybridized carbons (Fsp3) is 0.226. The highest BCUT2D eigenvalue weighted by molar-refractivity contribution is 7.98. The Balaban J connectivity index is 1.15. The Bertz CT molecular complexity index is 1820. The topological polar surface area (TPSA) is 76.4 Å². The zero-order valence-electron chi connectivity index (χ0n) is 23.9. The van der Waals surface area contributed by atoms with Gasteiger partial charge in [0.15, 0.2) is 11.0 Å². The van der Waals surface area contributed by atoms with Crippen LogP contribution >= 0.6 is 34.7 Å². The Morgan fingerprint density at radius 2 is 1.76 bits per heavy atom. The second kappa shape index (κ2) is 13.1. The molecule has 14 heteroatoms. The number of rotatable bonds is 8. The number of thiazole rings is 1. The van der Waals surface area contributed by atoms with Gasteiger partial charge in [-0.05, 0) is 42.5 Å². The van der Waals surface area contributed by atoms with Gasteiger partial charge in [-0.15, -0.1) is 21.5 Å². The van der Waals surface area contributed by atoms with Gasteiger partial charge in [0.1, 0.15) is 16.5 Å². The van der Waals surface area contributed by atoms with Crippen LogP contribution < -0.4 is 9.64 Å². The monoisotopic (exact) mass is 670 g/mol. The summed E-state index contributed by atoms with van der Waals surface area (Å²) in [4.78, 5) is 21.4. The molecule has 3 aromatic carbocycles. The molecular weight excluding hydrogens is 645 g/mol. The van der Waals surface area contributed by atoms with Gasteiger partial charge in [-0.1, -0.05) is 53.7 Å². The van der Waals surface area contributed by atoms with Crippen LogP contribution in [-0.4, -0.2) is 63.8 Å². The van der Waals surface area contributed by atoms with Gasteiger partial charge in [-0.25, -0.2) is 4.98 Å². The molecule has 0 N–H and O–H groups in total. The number of halogens is 4. The maximum Gasteiger partial charge on any atom is 0.416 e. The molecule has 1 fully saturated rings. The van der Waals surface area contributed by atoms with E-state index in [1.54, 1.807) is 29.5 Å². The summed E-state index contributed by atoms with van der Waals surface area (Å²) in [5, 5.41) is 12.5. The molecule has 45 heavy (non-hydrogen) atoms. The molecule has 1 aliphatic rings. The lowest BCUT2D eigenvalue weighted by atomic mass is 10.1. The lowest BCUT2D eigenvalue weighted by molar-refractivity contribution is -0.137. The number of hydrogen-bond acceptors (Lipinski definition) is 8. The Labute approximate surface area is 270 Å². The van der Waals surface area contributed by atoms with E-state index in [1.807, 2.05) is 51.9 Å². The van der Waals surface area contributed by atoms with Crippen molar-refractivity contribution in [1.29, 1.82) is 0 Å². The number of carbonyl (C=O) groups is 1. The first-order valence-corrected chi connectivity index (χ1v) is 16.1. The first-order chi connectivity index (χ1) is 21.7. The number of alkyl halides is 3.